The molecule has 172 valence electrons. The zero-order valence-electron chi connectivity index (χ0n) is 20.0. The largest absolute Gasteiger partial charge is 0.322 e. The fourth-order valence-corrected chi connectivity index (χ4v) is 6.15. The van der Waals surface area contributed by atoms with Gasteiger partial charge >= 0.3 is 0 Å². The third-order valence-corrected chi connectivity index (χ3v) is 7.72. The molecule has 0 radical (unpaired) electrons. The number of hydrogen-bond acceptors (Lipinski definition) is 1. The van der Waals surface area contributed by atoms with Gasteiger partial charge in [-0.25, -0.2) is 0 Å². The van der Waals surface area contributed by atoms with E-state index in [1.807, 2.05) is 30.3 Å². The molecule has 0 fully saturated rings. The molecular weight excluding hydrogens is 450 g/mol. The molecule has 8 rings (SSSR count). The Hall–Kier alpha value is -4.95. The predicted molar refractivity (Wildman–Crippen MR) is 157 cm³/mol. The molecule has 0 aliphatic carbocycles. The quantitative estimate of drug-likeness (QED) is 0.250. The molecule has 2 nitrogen and oxygen atoms in total. The predicted octanol–water partition coefficient (Wildman–Crippen LogP) is 9.30. The average molecular weight is 472 g/mol. The lowest BCUT2D eigenvalue weighted by atomic mass is 9.87. The average Bonchev–Trinajstić information content (AvgIpc) is 2.95. The van der Waals surface area contributed by atoms with Gasteiger partial charge < -0.3 is 5.32 Å². The Bertz CT molecular complexity index is 2170. The molecule has 0 aliphatic rings. The highest BCUT2D eigenvalue weighted by Gasteiger charge is 2.16. The Morgan fingerprint density at radius 2 is 0.919 bits per heavy atom. The van der Waals surface area contributed by atoms with E-state index < -0.39 is 0 Å². The van der Waals surface area contributed by atoms with Crippen molar-refractivity contribution in [1.29, 1.82) is 0 Å². The number of rotatable bonds is 2. The molecule has 1 amide bonds. The number of hydrogen-bond donors (Lipinski definition) is 1. The second-order valence-electron chi connectivity index (χ2n) is 9.78. The second-order valence-corrected chi connectivity index (χ2v) is 9.78. The van der Waals surface area contributed by atoms with E-state index in [1.165, 1.54) is 53.9 Å². The Morgan fingerprint density at radius 1 is 0.432 bits per heavy atom. The molecule has 0 spiro atoms. The molecule has 0 bridgehead atoms. The van der Waals surface area contributed by atoms with E-state index in [4.69, 9.17) is 0 Å². The molecular formula is C35H21NO. The summed E-state index contributed by atoms with van der Waals surface area (Å²) < 4.78 is 0. The number of carbonyl (C=O) groups excluding carboxylic acids is 1. The van der Waals surface area contributed by atoms with Gasteiger partial charge in [-0.2, -0.15) is 0 Å². The minimum absolute atomic E-state index is 0.106. The maximum atomic E-state index is 13.1. The van der Waals surface area contributed by atoms with Crippen LogP contribution in [0.2, 0.25) is 0 Å². The van der Waals surface area contributed by atoms with Crippen LogP contribution in [-0.4, -0.2) is 5.91 Å². The van der Waals surface area contributed by atoms with Crippen molar-refractivity contribution in [3.63, 3.8) is 0 Å². The fraction of sp³-hybridized carbons (Fsp3) is 0. The van der Waals surface area contributed by atoms with Crippen LogP contribution < -0.4 is 5.32 Å². The van der Waals surface area contributed by atoms with E-state index in [9.17, 15) is 4.79 Å². The van der Waals surface area contributed by atoms with Crippen molar-refractivity contribution < 1.29 is 4.79 Å². The van der Waals surface area contributed by atoms with E-state index in [0.717, 1.165) is 16.5 Å². The molecule has 0 saturated carbocycles. The monoisotopic (exact) mass is 471 g/mol. The van der Waals surface area contributed by atoms with Gasteiger partial charge in [-0.3, -0.25) is 4.79 Å². The summed E-state index contributed by atoms with van der Waals surface area (Å²) in [5, 5.41) is 17.8. The van der Waals surface area contributed by atoms with Gasteiger partial charge in [0.2, 0.25) is 0 Å². The topological polar surface area (TPSA) is 29.1 Å². The van der Waals surface area contributed by atoms with Crippen LogP contribution in [0.4, 0.5) is 5.69 Å². The number of anilines is 1. The van der Waals surface area contributed by atoms with E-state index >= 15 is 0 Å². The van der Waals surface area contributed by atoms with E-state index in [1.54, 1.807) is 0 Å². The molecule has 0 aromatic heterocycles. The molecule has 0 aliphatic heterocycles. The SMILES string of the molecule is O=C(Nc1cc2ccc3cccc4c5cccc6ccc7cccc(c(c1)c2c34)c7c65)c1ccccc1. The van der Waals surface area contributed by atoms with Crippen LogP contribution in [0.5, 0.6) is 0 Å². The summed E-state index contributed by atoms with van der Waals surface area (Å²) >= 11 is 0. The first kappa shape index (κ1) is 20.3. The Labute approximate surface area is 213 Å². The first-order valence-electron chi connectivity index (χ1n) is 12.6. The van der Waals surface area contributed by atoms with Crippen LogP contribution in [0.3, 0.4) is 0 Å². The summed E-state index contributed by atoms with van der Waals surface area (Å²) in [4.78, 5) is 13.1. The molecule has 37 heavy (non-hydrogen) atoms. The van der Waals surface area contributed by atoms with Gasteiger partial charge in [0.25, 0.3) is 5.91 Å². The molecule has 0 atom stereocenters. The summed E-state index contributed by atoms with van der Waals surface area (Å²) in [6.07, 6.45) is 0. The summed E-state index contributed by atoms with van der Waals surface area (Å²) in [5.74, 6) is -0.106. The van der Waals surface area contributed by atoms with Gasteiger partial charge in [-0.05, 0) is 88.9 Å². The van der Waals surface area contributed by atoms with Gasteiger partial charge in [0.05, 0.1) is 0 Å². The highest BCUT2D eigenvalue weighted by molar-refractivity contribution is 6.37. The van der Waals surface area contributed by atoms with Gasteiger partial charge in [0.1, 0.15) is 0 Å². The van der Waals surface area contributed by atoms with Gasteiger partial charge in [-0.1, -0.05) is 97.1 Å². The minimum atomic E-state index is -0.106. The van der Waals surface area contributed by atoms with Crippen LogP contribution in [0.1, 0.15) is 10.4 Å². The van der Waals surface area contributed by atoms with Gasteiger partial charge in [0, 0.05) is 11.3 Å². The molecule has 1 N–H and O–H groups in total. The number of nitrogens with one attached hydrogen (secondary N) is 1. The Morgan fingerprint density at radius 3 is 1.49 bits per heavy atom. The maximum Gasteiger partial charge on any atom is 0.255 e. The third-order valence-electron chi connectivity index (χ3n) is 7.72. The molecule has 8 aromatic carbocycles. The number of fused-ring (bicyclic) bond motifs is 2. The zero-order chi connectivity index (χ0) is 24.5. The maximum absolute atomic E-state index is 13.1. The lowest BCUT2D eigenvalue weighted by molar-refractivity contribution is 0.102. The second kappa shape index (κ2) is 7.52. The number of amides is 1. The highest BCUT2D eigenvalue weighted by Crippen LogP contribution is 2.43. The van der Waals surface area contributed by atoms with Crippen LogP contribution in [0, 0.1) is 0 Å². The van der Waals surface area contributed by atoms with Gasteiger partial charge in [0.15, 0.2) is 0 Å². The molecule has 2 heteroatoms. The third kappa shape index (κ3) is 2.90. The smallest absolute Gasteiger partial charge is 0.255 e. The van der Waals surface area contributed by atoms with Crippen LogP contribution in [-0.2, 0) is 0 Å². The Balaban J connectivity index is 1.59. The van der Waals surface area contributed by atoms with E-state index in [0.29, 0.717) is 5.56 Å². The van der Waals surface area contributed by atoms with Crippen molar-refractivity contribution in [2.24, 2.45) is 0 Å². The summed E-state index contributed by atoms with van der Waals surface area (Å²) in [5.41, 5.74) is 1.44. The van der Waals surface area contributed by atoms with E-state index in [2.05, 4.69) is 96.3 Å². The molecule has 0 heterocycles. The first-order valence-corrected chi connectivity index (χ1v) is 12.6. The summed E-state index contributed by atoms with van der Waals surface area (Å²) in [6.45, 7) is 0. The van der Waals surface area contributed by atoms with Crippen molar-refractivity contribution >= 4 is 76.2 Å². The van der Waals surface area contributed by atoms with E-state index in [-0.39, 0.29) is 5.91 Å². The summed E-state index contributed by atoms with van der Waals surface area (Å²) in [7, 11) is 0. The molecule has 0 unspecified atom stereocenters. The van der Waals surface area contributed by atoms with Crippen molar-refractivity contribution in [3.05, 3.63) is 127 Å². The lowest BCUT2D eigenvalue weighted by Gasteiger charge is -2.17. The Kier molecular flexibility index (Phi) is 4.12. The fourth-order valence-electron chi connectivity index (χ4n) is 6.15. The van der Waals surface area contributed by atoms with Crippen molar-refractivity contribution in [2.45, 2.75) is 0 Å². The minimum Gasteiger partial charge on any atom is -0.322 e. The number of carbonyl (C=O) groups is 1. The molecule has 8 aromatic rings. The van der Waals surface area contributed by atoms with Crippen LogP contribution in [0.25, 0.3) is 64.6 Å². The van der Waals surface area contributed by atoms with Crippen molar-refractivity contribution in [3.8, 4) is 0 Å². The van der Waals surface area contributed by atoms with Crippen molar-refractivity contribution in [1.82, 2.24) is 0 Å². The van der Waals surface area contributed by atoms with Crippen LogP contribution in [0.15, 0.2) is 121 Å². The normalized spacial score (nSPS) is 11.9. The van der Waals surface area contributed by atoms with Gasteiger partial charge in [-0.15, -0.1) is 0 Å². The summed E-state index contributed by atoms with van der Waals surface area (Å²) in [6, 6.07) is 42.2. The highest BCUT2D eigenvalue weighted by atomic mass is 16.1. The number of benzene rings is 7. The van der Waals surface area contributed by atoms with Crippen molar-refractivity contribution in [2.75, 3.05) is 5.32 Å². The van der Waals surface area contributed by atoms with Crippen LogP contribution >= 0.6 is 0 Å². The molecule has 0 saturated heterocycles. The standard InChI is InChI=1S/C35H21NO/c37-35(24-7-2-1-3-8-24)36-26-19-25-18-17-23-10-5-13-28-27-12-4-9-21-15-16-22-11-6-14-29(33(22)31(21)27)30(20-26)34(25)32(23)28/h1-20H,(H,36,37). The zero-order valence-corrected chi connectivity index (χ0v) is 20.0. The first-order chi connectivity index (χ1) is 18.3. The lowest BCUT2D eigenvalue weighted by Crippen LogP contribution is -2.11.